The summed E-state index contributed by atoms with van der Waals surface area (Å²) in [6, 6.07) is 7.86. The summed E-state index contributed by atoms with van der Waals surface area (Å²) in [7, 11) is -2.86. The predicted molar refractivity (Wildman–Crippen MR) is 106 cm³/mol. The summed E-state index contributed by atoms with van der Waals surface area (Å²) >= 11 is 0. The molecular formula is C20H22F2N2O5S. The molecule has 0 heterocycles. The Labute approximate surface area is 173 Å². The Kier molecular flexibility index (Phi) is 7.49. The Morgan fingerprint density at radius 3 is 2.27 bits per heavy atom. The van der Waals surface area contributed by atoms with E-state index >= 15 is 0 Å². The molecule has 0 saturated carbocycles. The average Bonchev–Trinajstić information content (AvgIpc) is 2.72. The van der Waals surface area contributed by atoms with Crippen LogP contribution in [0.2, 0.25) is 0 Å². The molecule has 0 saturated heterocycles. The van der Waals surface area contributed by atoms with E-state index in [1.165, 1.54) is 36.3 Å². The smallest absolute Gasteiger partial charge is 0.310 e. The molecule has 1 N–H and O–H groups in total. The molecule has 0 aliphatic rings. The maximum absolute atomic E-state index is 13.3. The van der Waals surface area contributed by atoms with Crippen molar-refractivity contribution >= 4 is 27.6 Å². The third-order valence-corrected chi connectivity index (χ3v) is 5.73. The van der Waals surface area contributed by atoms with E-state index in [0.29, 0.717) is 18.2 Å². The number of rotatable bonds is 8. The van der Waals surface area contributed by atoms with Gasteiger partial charge in [-0.05, 0) is 49.4 Å². The maximum atomic E-state index is 13.3. The van der Waals surface area contributed by atoms with Gasteiger partial charge in [-0.1, -0.05) is 6.92 Å². The van der Waals surface area contributed by atoms with E-state index in [4.69, 9.17) is 0 Å². The highest BCUT2D eigenvalue weighted by Gasteiger charge is 2.22. The zero-order valence-electron chi connectivity index (χ0n) is 16.7. The molecule has 30 heavy (non-hydrogen) atoms. The lowest BCUT2D eigenvalue weighted by Crippen LogP contribution is -2.37. The Hall–Kier alpha value is -3.01. The lowest BCUT2D eigenvalue weighted by atomic mass is 10.1. The largest absolute Gasteiger partial charge is 0.469 e. The van der Waals surface area contributed by atoms with Gasteiger partial charge in [-0.2, -0.15) is 0 Å². The van der Waals surface area contributed by atoms with E-state index in [2.05, 4.69) is 9.46 Å². The van der Waals surface area contributed by atoms with Crippen LogP contribution in [0.15, 0.2) is 47.4 Å². The van der Waals surface area contributed by atoms with Gasteiger partial charge >= 0.3 is 5.97 Å². The highest BCUT2D eigenvalue weighted by Crippen LogP contribution is 2.19. The van der Waals surface area contributed by atoms with Crippen molar-refractivity contribution in [1.29, 1.82) is 0 Å². The summed E-state index contributed by atoms with van der Waals surface area (Å²) in [5.74, 6) is -3.69. The predicted octanol–water partition coefficient (Wildman–Crippen LogP) is 3.04. The first-order chi connectivity index (χ1) is 14.1. The van der Waals surface area contributed by atoms with Gasteiger partial charge in [0.25, 0.3) is 15.9 Å². The molecule has 2 rings (SSSR count). The molecule has 1 unspecified atom stereocenters. The van der Waals surface area contributed by atoms with Crippen LogP contribution in [0.25, 0.3) is 0 Å². The number of methoxy groups -OCH3 is 1. The summed E-state index contributed by atoms with van der Waals surface area (Å²) in [4.78, 5) is 25.3. The van der Waals surface area contributed by atoms with Crippen LogP contribution >= 0.6 is 0 Å². The first-order valence-electron chi connectivity index (χ1n) is 9.04. The van der Waals surface area contributed by atoms with Crippen LogP contribution in [0.1, 0.15) is 24.2 Å². The zero-order chi connectivity index (χ0) is 22.5. The molecule has 1 amide bonds. The molecule has 10 heteroatoms. The van der Waals surface area contributed by atoms with Gasteiger partial charge in [-0.3, -0.25) is 14.3 Å². The number of nitrogens with zero attached hydrogens (tertiary/aromatic N) is 1. The van der Waals surface area contributed by atoms with Crippen molar-refractivity contribution < 1.29 is 31.5 Å². The lowest BCUT2D eigenvalue weighted by Gasteiger charge is -2.23. The van der Waals surface area contributed by atoms with Gasteiger partial charge in [-0.25, -0.2) is 17.2 Å². The lowest BCUT2D eigenvalue weighted by molar-refractivity contribution is -0.145. The Morgan fingerprint density at radius 2 is 1.73 bits per heavy atom. The van der Waals surface area contributed by atoms with Gasteiger partial charge < -0.3 is 9.64 Å². The Bertz CT molecular complexity index is 1030. The van der Waals surface area contributed by atoms with Crippen LogP contribution < -0.4 is 4.72 Å². The van der Waals surface area contributed by atoms with Crippen molar-refractivity contribution in [2.24, 2.45) is 5.92 Å². The highest BCUT2D eigenvalue weighted by molar-refractivity contribution is 7.92. The molecule has 162 valence electrons. The number of hydrogen-bond acceptors (Lipinski definition) is 5. The van der Waals surface area contributed by atoms with E-state index < -0.39 is 38.4 Å². The number of sulfonamides is 1. The van der Waals surface area contributed by atoms with Crippen LogP contribution in [-0.2, 0) is 19.6 Å². The number of carbonyl (C=O) groups excluding carboxylic acids is 2. The molecule has 0 fully saturated rings. The number of anilines is 1. The molecule has 0 aromatic heterocycles. The fourth-order valence-corrected chi connectivity index (χ4v) is 3.75. The molecule has 0 spiro atoms. The zero-order valence-corrected chi connectivity index (χ0v) is 17.5. The van der Waals surface area contributed by atoms with Gasteiger partial charge in [0.2, 0.25) is 0 Å². The number of nitrogens with one attached hydrogen (secondary N) is 1. The van der Waals surface area contributed by atoms with Crippen molar-refractivity contribution in [2.75, 3.05) is 24.9 Å². The second-order valence-electron chi connectivity index (χ2n) is 6.53. The molecule has 0 aliphatic heterocycles. The number of esters is 1. The third kappa shape index (κ3) is 5.53. The van der Waals surface area contributed by atoms with Gasteiger partial charge in [0.05, 0.1) is 17.9 Å². The number of amides is 1. The molecular weight excluding hydrogens is 418 g/mol. The Morgan fingerprint density at radius 1 is 1.10 bits per heavy atom. The number of halogens is 2. The SMILES string of the molecule is CCN(CC(C)C(=O)OC)C(=O)c1ccc(NS(=O)(=O)c2ccc(F)c(F)c2)cc1. The van der Waals surface area contributed by atoms with Gasteiger partial charge in [0.1, 0.15) is 0 Å². The van der Waals surface area contributed by atoms with Crippen LogP contribution in [0, 0.1) is 17.6 Å². The van der Waals surface area contributed by atoms with Crippen molar-refractivity contribution in [3.8, 4) is 0 Å². The monoisotopic (exact) mass is 440 g/mol. The summed E-state index contributed by atoms with van der Waals surface area (Å²) in [6.45, 7) is 3.96. The van der Waals surface area contributed by atoms with Gasteiger partial charge in [-0.15, -0.1) is 0 Å². The van der Waals surface area contributed by atoms with Crippen LogP contribution in [-0.4, -0.2) is 45.4 Å². The fourth-order valence-electron chi connectivity index (χ4n) is 2.68. The van der Waals surface area contributed by atoms with Crippen molar-refractivity contribution in [3.63, 3.8) is 0 Å². The third-order valence-electron chi connectivity index (χ3n) is 4.35. The van der Waals surface area contributed by atoms with E-state index in [9.17, 15) is 26.8 Å². The molecule has 2 aromatic carbocycles. The highest BCUT2D eigenvalue weighted by atomic mass is 32.2. The van der Waals surface area contributed by atoms with E-state index in [0.717, 1.165) is 12.1 Å². The minimum absolute atomic E-state index is 0.141. The van der Waals surface area contributed by atoms with Crippen molar-refractivity contribution in [3.05, 3.63) is 59.7 Å². The average molecular weight is 440 g/mol. The molecule has 0 aliphatic carbocycles. The van der Waals surface area contributed by atoms with E-state index in [1.54, 1.807) is 13.8 Å². The fraction of sp³-hybridized carbons (Fsp3) is 0.300. The first kappa shape index (κ1) is 23.3. The Balaban J connectivity index is 2.14. The summed E-state index contributed by atoms with van der Waals surface area (Å²) < 4.78 is 57.9. The summed E-state index contributed by atoms with van der Waals surface area (Å²) in [6.07, 6.45) is 0. The van der Waals surface area contributed by atoms with E-state index in [1.807, 2.05) is 0 Å². The van der Waals surface area contributed by atoms with Crippen molar-refractivity contribution in [2.45, 2.75) is 18.7 Å². The molecule has 2 aromatic rings. The first-order valence-corrected chi connectivity index (χ1v) is 10.5. The van der Waals surface area contributed by atoms with E-state index in [-0.39, 0.29) is 18.1 Å². The number of hydrogen-bond donors (Lipinski definition) is 1. The second kappa shape index (κ2) is 9.66. The summed E-state index contributed by atoms with van der Waals surface area (Å²) in [5, 5.41) is 0. The van der Waals surface area contributed by atoms with Gasteiger partial charge in [0, 0.05) is 24.3 Å². The minimum atomic E-state index is -4.14. The standard InChI is InChI=1S/C20H22F2N2O5S/c1-4-24(12-13(2)20(26)29-3)19(25)14-5-7-15(8-6-14)23-30(27,28)16-9-10-17(21)18(22)11-16/h5-11,13,23H,4,12H2,1-3H3. The molecule has 1 atom stereocenters. The van der Waals surface area contributed by atoms with Crippen molar-refractivity contribution in [1.82, 2.24) is 4.90 Å². The maximum Gasteiger partial charge on any atom is 0.310 e. The quantitative estimate of drug-likeness (QED) is 0.637. The van der Waals surface area contributed by atoms with Crippen LogP contribution in [0.5, 0.6) is 0 Å². The van der Waals surface area contributed by atoms with Gasteiger partial charge in [0.15, 0.2) is 11.6 Å². The topological polar surface area (TPSA) is 92.8 Å². The molecule has 7 nitrogen and oxygen atoms in total. The number of carbonyl (C=O) groups is 2. The summed E-state index contributed by atoms with van der Waals surface area (Å²) in [5.41, 5.74) is 0.437. The molecule has 0 bridgehead atoms. The number of benzene rings is 2. The normalized spacial score (nSPS) is 12.2. The minimum Gasteiger partial charge on any atom is -0.469 e. The second-order valence-corrected chi connectivity index (χ2v) is 8.21. The molecule has 0 radical (unpaired) electrons. The van der Waals surface area contributed by atoms with Crippen LogP contribution in [0.3, 0.4) is 0 Å². The number of ether oxygens (including phenoxy) is 1. The van der Waals surface area contributed by atoms with Crippen LogP contribution in [0.4, 0.5) is 14.5 Å².